The van der Waals surface area contributed by atoms with Gasteiger partial charge in [0.05, 0.1) is 6.33 Å². The number of hydrogen-bond acceptors (Lipinski definition) is 2. The molecule has 0 aliphatic heterocycles. The van der Waals surface area contributed by atoms with Crippen LogP contribution in [0.4, 0.5) is 0 Å². The maximum atomic E-state index is 12.0. The molecule has 4 heteroatoms. The Morgan fingerprint density at radius 1 is 1.41 bits per heavy atom. The van der Waals surface area contributed by atoms with Gasteiger partial charge in [-0.1, -0.05) is 12.8 Å². The Bertz CT molecular complexity index is 375. The van der Waals surface area contributed by atoms with Gasteiger partial charge < -0.3 is 10.3 Å². The third-order valence-corrected chi connectivity index (χ3v) is 4.21. The normalized spacial score (nSPS) is 30.7. The highest BCUT2D eigenvalue weighted by Gasteiger charge is 2.54. The quantitative estimate of drug-likeness (QED) is 0.828. The third kappa shape index (κ3) is 2.21. The average molecular weight is 233 g/mol. The lowest BCUT2D eigenvalue weighted by Gasteiger charge is -2.04. The van der Waals surface area contributed by atoms with Crippen molar-refractivity contribution in [3.8, 4) is 0 Å². The van der Waals surface area contributed by atoms with Crippen molar-refractivity contribution in [2.24, 2.45) is 17.8 Å². The van der Waals surface area contributed by atoms with E-state index in [1.165, 1.54) is 25.7 Å². The summed E-state index contributed by atoms with van der Waals surface area (Å²) in [7, 11) is 0. The Kier molecular flexibility index (Phi) is 2.87. The van der Waals surface area contributed by atoms with Gasteiger partial charge in [0.1, 0.15) is 0 Å². The molecule has 2 saturated carbocycles. The molecule has 2 atom stereocenters. The smallest absolute Gasteiger partial charge is 0.223 e. The van der Waals surface area contributed by atoms with E-state index in [0.717, 1.165) is 18.7 Å². The fourth-order valence-electron chi connectivity index (χ4n) is 3.24. The van der Waals surface area contributed by atoms with Crippen LogP contribution in [0.15, 0.2) is 12.5 Å². The van der Waals surface area contributed by atoms with E-state index in [1.807, 2.05) is 6.20 Å². The number of aromatic nitrogens is 2. The summed E-state index contributed by atoms with van der Waals surface area (Å²) in [6, 6.07) is 0. The Morgan fingerprint density at radius 3 is 2.82 bits per heavy atom. The van der Waals surface area contributed by atoms with Gasteiger partial charge in [0.15, 0.2) is 0 Å². The van der Waals surface area contributed by atoms with Crippen LogP contribution in [-0.4, -0.2) is 22.4 Å². The molecule has 1 heterocycles. The summed E-state index contributed by atoms with van der Waals surface area (Å²) in [6.07, 6.45) is 9.49. The first-order valence-electron chi connectivity index (χ1n) is 6.61. The topological polar surface area (TPSA) is 57.8 Å². The summed E-state index contributed by atoms with van der Waals surface area (Å²) >= 11 is 0. The van der Waals surface area contributed by atoms with Crippen LogP contribution in [-0.2, 0) is 11.2 Å². The van der Waals surface area contributed by atoms with Gasteiger partial charge in [0.25, 0.3) is 0 Å². The first-order chi connectivity index (χ1) is 8.36. The molecular formula is C13H19N3O. The minimum absolute atomic E-state index is 0.279. The van der Waals surface area contributed by atoms with Crippen LogP contribution in [0.3, 0.4) is 0 Å². The molecule has 1 amide bonds. The van der Waals surface area contributed by atoms with E-state index >= 15 is 0 Å². The lowest BCUT2D eigenvalue weighted by Crippen LogP contribution is -2.28. The molecule has 4 nitrogen and oxygen atoms in total. The second kappa shape index (κ2) is 4.51. The number of nitrogens with zero attached hydrogens (tertiary/aromatic N) is 1. The predicted octanol–water partition coefficient (Wildman–Crippen LogP) is 1.50. The van der Waals surface area contributed by atoms with E-state index < -0.39 is 0 Å². The zero-order valence-corrected chi connectivity index (χ0v) is 9.98. The van der Waals surface area contributed by atoms with Crippen molar-refractivity contribution in [2.45, 2.75) is 32.1 Å². The van der Waals surface area contributed by atoms with Gasteiger partial charge in [-0.05, 0) is 24.7 Å². The second-order valence-electron chi connectivity index (χ2n) is 5.26. The SMILES string of the molecule is O=C(NCCc1cnc[nH]1)C1C2CCCCC21. The van der Waals surface area contributed by atoms with Gasteiger partial charge >= 0.3 is 0 Å². The van der Waals surface area contributed by atoms with Crippen molar-refractivity contribution >= 4 is 5.91 Å². The van der Waals surface area contributed by atoms with Crippen molar-refractivity contribution in [1.82, 2.24) is 15.3 Å². The second-order valence-corrected chi connectivity index (χ2v) is 5.26. The van der Waals surface area contributed by atoms with Gasteiger partial charge in [0, 0.05) is 30.8 Å². The highest BCUT2D eigenvalue weighted by molar-refractivity contribution is 5.82. The van der Waals surface area contributed by atoms with Gasteiger partial charge in [-0.25, -0.2) is 4.98 Å². The molecule has 2 aliphatic carbocycles. The van der Waals surface area contributed by atoms with Crippen molar-refractivity contribution < 1.29 is 4.79 Å². The number of fused-ring (bicyclic) bond motifs is 1. The lowest BCUT2D eigenvalue weighted by atomic mass is 10.0. The fraction of sp³-hybridized carbons (Fsp3) is 0.692. The Hall–Kier alpha value is -1.32. The maximum Gasteiger partial charge on any atom is 0.223 e. The predicted molar refractivity (Wildman–Crippen MR) is 64.2 cm³/mol. The van der Waals surface area contributed by atoms with E-state index in [0.29, 0.717) is 17.8 Å². The minimum Gasteiger partial charge on any atom is -0.355 e. The number of rotatable bonds is 4. The Labute approximate surface area is 101 Å². The maximum absolute atomic E-state index is 12.0. The molecule has 0 saturated heterocycles. The van der Waals surface area contributed by atoms with Gasteiger partial charge in [-0.15, -0.1) is 0 Å². The Balaban J connectivity index is 1.42. The summed E-state index contributed by atoms with van der Waals surface area (Å²) in [4.78, 5) is 19.0. The number of aromatic amines is 1. The standard InChI is InChI=1S/C13H19N3O/c17-13(12-10-3-1-2-4-11(10)12)15-6-5-9-7-14-8-16-9/h7-8,10-12H,1-6H2,(H,14,16)(H,15,17). The van der Waals surface area contributed by atoms with Crippen LogP contribution in [0.25, 0.3) is 0 Å². The van der Waals surface area contributed by atoms with E-state index in [1.54, 1.807) is 6.33 Å². The molecule has 0 bridgehead atoms. The monoisotopic (exact) mass is 233 g/mol. The van der Waals surface area contributed by atoms with Gasteiger partial charge in [0.2, 0.25) is 5.91 Å². The van der Waals surface area contributed by atoms with Crippen LogP contribution in [0.1, 0.15) is 31.4 Å². The number of nitrogens with one attached hydrogen (secondary N) is 2. The molecule has 1 aromatic rings. The van der Waals surface area contributed by atoms with Crippen molar-refractivity contribution in [2.75, 3.05) is 6.54 Å². The highest BCUT2D eigenvalue weighted by atomic mass is 16.2. The number of H-pyrrole nitrogens is 1. The van der Waals surface area contributed by atoms with E-state index in [4.69, 9.17) is 0 Å². The van der Waals surface area contributed by atoms with Crippen LogP contribution < -0.4 is 5.32 Å². The highest BCUT2D eigenvalue weighted by Crippen LogP contribution is 2.55. The molecule has 92 valence electrons. The van der Waals surface area contributed by atoms with Crippen molar-refractivity contribution in [1.29, 1.82) is 0 Å². The minimum atomic E-state index is 0.279. The molecule has 2 fully saturated rings. The van der Waals surface area contributed by atoms with E-state index in [-0.39, 0.29) is 5.91 Å². The molecular weight excluding hydrogens is 214 g/mol. The molecule has 1 aromatic heterocycles. The van der Waals surface area contributed by atoms with Gasteiger partial charge in [-0.3, -0.25) is 4.79 Å². The number of imidazole rings is 1. The average Bonchev–Trinajstić information content (AvgIpc) is 2.85. The lowest BCUT2D eigenvalue weighted by molar-refractivity contribution is -0.122. The molecule has 2 aliphatic rings. The summed E-state index contributed by atoms with van der Waals surface area (Å²) in [5.41, 5.74) is 1.08. The molecule has 2 N–H and O–H groups in total. The summed E-state index contributed by atoms with van der Waals surface area (Å²) in [6.45, 7) is 0.719. The number of amides is 1. The van der Waals surface area contributed by atoms with Crippen molar-refractivity contribution in [3.63, 3.8) is 0 Å². The summed E-state index contributed by atoms with van der Waals surface area (Å²) in [5, 5.41) is 3.05. The zero-order valence-electron chi connectivity index (χ0n) is 9.98. The van der Waals surface area contributed by atoms with E-state index in [9.17, 15) is 4.79 Å². The van der Waals surface area contributed by atoms with Crippen LogP contribution in [0.2, 0.25) is 0 Å². The number of carbonyl (C=O) groups is 1. The number of carbonyl (C=O) groups excluding carboxylic acids is 1. The summed E-state index contributed by atoms with van der Waals surface area (Å²) in [5.74, 6) is 2.02. The molecule has 17 heavy (non-hydrogen) atoms. The zero-order chi connectivity index (χ0) is 11.7. The van der Waals surface area contributed by atoms with Crippen molar-refractivity contribution in [3.05, 3.63) is 18.2 Å². The molecule has 2 unspecified atom stereocenters. The molecule has 0 radical (unpaired) electrons. The third-order valence-electron chi connectivity index (χ3n) is 4.21. The first-order valence-corrected chi connectivity index (χ1v) is 6.61. The van der Waals surface area contributed by atoms with E-state index in [2.05, 4.69) is 15.3 Å². The Morgan fingerprint density at radius 2 is 2.18 bits per heavy atom. The largest absolute Gasteiger partial charge is 0.355 e. The van der Waals surface area contributed by atoms with Gasteiger partial charge in [-0.2, -0.15) is 0 Å². The number of hydrogen-bond donors (Lipinski definition) is 2. The van der Waals surface area contributed by atoms with Crippen LogP contribution in [0.5, 0.6) is 0 Å². The first kappa shape index (κ1) is 10.8. The summed E-state index contributed by atoms with van der Waals surface area (Å²) < 4.78 is 0. The van der Waals surface area contributed by atoms with Crippen LogP contribution in [0, 0.1) is 17.8 Å². The molecule has 0 spiro atoms. The fourth-order valence-corrected chi connectivity index (χ4v) is 3.24. The van der Waals surface area contributed by atoms with Crippen LogP contribution >= 0.6 is 0 Å². The molecule has 0 aromatic carbocycles. The molecule has 3 rings (SSSR count).